The summed E-state index contributed by atoms with van der Waals surface area (Å²) in [6.07, 6.45) is 3.56. The van der Waals surface area contributed by atoms with Crippen LogP contribution in [0.15, 0.2) is 21.7 Å². The highest BCUT2D eigenvalue weighted by molar-refractivity contribution is 6.30. The summed E-state index contributed by atoms with van der Waals surface area (Å²) in [7, 11) is 0. The Morgan fingerprint density at radius 1 is 1.44 bits per heavy atom. The van der Waals surface area contributed by atoms with E-state index in [0.717, 1.165) is 0 Å². The largest absolute Gasteiger partial charge is 0.392 e. The molecule has 0 aliphatic rings. The Kier molecular flexibility index (Phi) is 4.52. The van der Waals surface area contributed by atoms with Crippen molar-refractivity contribution in [3.8, 4) is 0 Å². The van der Waals surface area contributed by atoms with E-state index in [1.807, 2.05) is 0 Å². The molecule has 16 heavy (non-hydrogen) atoms. The van der Waals surface area contributed by atoms with Crippen molar-refractivity contribution in [2.45, 2.75) is 19.9 Å². The zero-order valence-corrected chi connectivity index (χ0v) is 9.62. The van der Waals surface area contributed by atoms with Crippen molar-refractivity contribution >= 4 is 11.6 Å². The second-order valence-electron chi connectivity index (χ2n) is 3.15. The van der Waals surface area contributed by atoms with Crippen molar-refractivity contribution in [1.29, 1.82) is 0 Å². The minimum Gasteiger partial charge on any atom is -0.392 e. The maximum atomic E-state index is 11.4. The highest BCUT2D eigenvalue weighted by atomic mass is 35.5. The lowest BCUT2D eigenvalue weighted by Crippen LogP contribution is -2.32. The third-order valence-corrected chi connectivity index (χ3v) is 2.57. The fraction of sp³-hybridized carbons (Fsp3) is 0.400. The first kappa shape index (κ1) is 12.7. The van der Waals surface area contributed by atoms with Gasteiger partial charge in [0.2, 0.25) is 0 Å². The van der Waals surface area contributed by atoms with Gasteiger partial charge >= 0.3 is 5.69 Å². The third-order valence-electron chi connectivity index (χ3n) is 2.14. The molecule has 0 atom stereocenters. The van der Waals surface area contributed by atoms with E-state index in [0.29, 0.717) is 12.0 Å². The number of H-pyrrole nitrogens is 1. The van der Waals surface area contributed by atoms with E-state index in [1.165, 1.54) is 10.6 Å². The Balaban J connectivity index is 3.23. The number of aromatic nitrogens is 2. The fourth-order valence-electron chi connectivity index (χ4n) is 1.31. The summed E-state index contributed by atoms with van der Waals surface area (Å²) in [5.41, 5.74) is -0.603. The molecule has 0 saturated carbocycles. The van der Waals surface area contributed by atoms with E-state index >= 15 is 0 Å². The Labute approximate surface area is 97.0 Å². The molecule has 0 bridgehead atoms. The van der Waals surface area contributed by atoms with Crippen LogP contribution < -0.4 is 11.2 Å². The van der Waals surface area contributed by atoms with E-state index in [9.17, 15) is 9.59 Å². The van der Waals surface area contributed by atoms with Crippen molar-refractivity contribution in [2.24, 2.45) is 0 Å². The van der Waals surface area contributed by atoms with Gasteiger partial charge in [-0.2, -0.15) is 0 Å². The molecule has 0 spiro atoms. The number of aliphatic hydroxyl groups excluding tert-OH is 1. The van der Waals surface area contributed by atoms with Gasteiger partial charge in [0.25, 0.3) is 5.56 Å². The monoisotopic (exact) mass is 244 g/mol. The third kappa shape index (κ3) is 2.62. The number of nitrogens with one attached hydrogen (secondary N) is 1. The maximum Gasteiger partial charge on any atom is 0.329 e. The standard InChI is InChI=1S/C10H13ClN2O3/c1-2-7-8(11)13(5-3-4-6-14)10(16)12-9(7)15/h3-4,14H,2,5-6H2,1H3,(H,12,15,16)/b4-3+. The number of hydrogen-bond acceptors (Lipinski definition) is 3. The Hall–Kier alpha value is -1.33. The lowest BCUT2D eigenvalue weighted by molar-refractivity contribution is 0.342. The van der Waals surface area contributed by atoms with Gasteiger partial charge in [-0.25, -0.2) is 4.79 Å². The summed E-state index contributed by atoms with van der Waals surface area (Å²) in [6.45, 7) is 1.91. The molecule has 0 amide bonds. The molecule has 2 N–H and O–H groups in total. The van der Waals surface area contributed by atoms with Gasteiger partial charge in [0.1, 0.15) is 5.15 Å². The van der Waals surface area contributed by atoms with Crippen molar-refractivity contribution < 1.29 is 5.11 Å². The van der Waals surface area contributed by atoms with Crippen LogP contribution in [-0.4, -0.2) is 21.3 Å². The molecule has 0 aliphatic heterocycles. The lowest BCUT2D eigenvalue weighted by atomic mass is 10.2. The molecule has 0 radical (unpaired) electrons. The molecule has 1 rings (SSSR count). The highest BCUT2D eigenvalue weighted by Crippen LogP contribution is 2.09. The van der Waals surface area contributed by atoms with Gasteiger partial charge in [0.05, 0.1) is 12.2 Å². The van der Waals surface area contributed by atoms with E-state index in [-0.39, 0.29) is 18.3 Å². The SMILES string of the molecule is CCc1c(Cl)n(C/C=C/CO)c(=O)[nH]c1=O. The number of hydrogen-bond donors (Lipinski definition) is 2. The van der Waals surface area contributed by atoms with Gasteiger partial charge in [-0.1, -0.05) is 30.7 Å². The van der Waals surface area contributed by atoms with Crippen molar-refractivity contribution in [3.05, 3.63) is 43.7 Å². The average molecular weight is 245 g/mol. The van der Waals surface area contributed by atoms with Crippen LogP contribution in [0.2, 0.25) is 5.15 Å². The first-order chi connectivity index (χ1) is 7.61. The zero-order valence-electron chi connectivity index (χ0n) is 8.86. The summed E-state index contributed by atoms with van der Waals surface area (Å²) in [5.74, 6) is 0. The molecular weight excluding hydrogens is 232 g/mol. The highest BCUT2D eigenvalue weighted by Gasteiger charge is 2.09. The smallest absolute Gasteiger partial charge is 0.329 e. The lowest BCUT2D eigenvalue weighted by Gasteiger charge is -2.07. The van der Waals surface area contributed by atoms with E-state index < -0.39 is 11.2 Å². The number of nitrogens with zero attached hydrogens (tertiary/aromatic N) is 1. The van der Waals surface area contributed by atoms with Gasteiger partial charge in [0.15, 0.2) is 0 Å². The van der Waals surface area contributed by atoms with Crippen molar-refractivity contribution in [3.63, 3.8) is 0 Å². The van der Waals surface area contributed by atoms with E-state index in [2.05, 4.69) is 4.98 Å². The van der Waals surface area contributed by atoms with Crippen LogP contribution in [0, 0.1) is 0 Å². The summed E-state index contributed by atoms with van der Waals surface area (Å²) in [5, 5.41) is 8.71. The number of aromatic amines is 1. The topological polar surface area (TPSA) is 75.1 Å². The quantitative estimate of drug-likeness (QED) is 0.591. The second kappa shape index (κ2) is 5.67. The molecular formula is C10H13ClN2O3. The van der Waals surface area contributed by atoms with E-state index in [4.69, 9.17) is 16.7 Å². The molecule has 88 valence electrons. The molecule has 1 aromatic heterocycles. The number of halogens is 1. The minimum atomic E-state index is -0.546. The summed E-state index contributed by atoms with van der Waals surface area (Å²) >= 11 is 5.94. The van der Waals surface area contributed by atoms with Gasteiger partial charge in [-0.15, -0.1) is 0 Å². The number of rotatable bonds is 4. The van der Waals surface area contributed by atoms with Gasteiger partial charge in [-0.3, -0.25) is 14.3 Å². The normalized spacial score (nSPS) is 11.2. The van der Waals surface area contributed by atoms with Gasteiger partial charge < -0.3 is 5.11 Å². The fourth-order valence-corrected chi connectivity index (χ4v) is 1.67. The maximum absolute atomic E-state index is 11.4. The molecule has 1 aromatic rings. The molecule has 0 aliphatic carbocycles. The molecule has 0 aromatic carbocycles. The molecule has 6 heteroatoms. The van der Waals surface area contributed by atoms with E-state index in [1.54, 1.807) is 13.0 Å². The molecule has 5 nitrogen and oxygen atoms in total. The molecule has 0 saturated heterocycles. The van der Waals surface area contributed by atoms with Crippen LogP contribution in [-0.2, 0) is 13.0 Å². The Morgan fingerprint density at radius 3 is 2.69 bits per heavy atom. The van der Waals surface area contributed by atoms with Crippen LogP contribution in [0.5, 0.6) is 0 Å². The van der Waals surface area contributed by atoms with Crippen LogP contribution in [0.25, 0.3) is 0 Å². The van der Waals surface area contributed by atoms with Crippen molar-refractivity contribution in [1.82, 2.24) is 9.55 Å². The first-order valence-corrected chi connectivity index (χ1v) is 5.27. The second-order valence-corrected chi connectivity index (χ2v) is 3.50. The molecule has 0 fully saturated rings. The van der Waals surface area contributed by atoms with Crippen LogP contribution in [0.1, 0.15) is 12.5 Å². The summed E-state index contributed by atoms with van der Waals surface area (Å²) < 4.78 is 1.24. The summed E-state index contributed by atoms with van der Waals surface area (Å²) in [6, 6.07) is 0. The number of aliphatic hydroxyl groups is 1. The molecule has 0 unspecified atom stereocenters. The Morgan fingerprint density at radius 2 is 2.12 bits per heavy atom. The predicted molar refractivity (Wildman–Crippen MR) is 61.9 cm³/mol. The minimum absolute atomic E-state index is 0.101. The zero-order chi connectivity index (χ0) is 12.1. The summed E-state index contributed by atoms with van der Waals surface area (Å²) in [4.78, 5) is 25.0. The van der Waals surface area contributed by atoms with Gasteiger partial charge in [0, 0.05) is 6.54 Å². The average Bonchev–Trinajstić information content (AvgIpc) is 2.23. The Bertz CT molecular complexity index is 502. The first-order valence-electron chi connectivity index (χ1n) is 4.89. The predicted octanol–water partition coefficient (Wildman–Crippen LogP) is 0.301. The van der Waals surface area contributed by atoms with Crippen LogP contribution in [0.4, 0.5) is 0 Å². The molecule has 1 heterocycles. The van der Waals surface area contributed by atoms with Gasteiger partial charge in [-0.05, 0) is 6.42 Å². The van der Waals surface area contributed by atoms with Crippen molar-refractivity contribution in [2.75, 3.05) is 6.61 Å². The van der Waals surface area contributed by atoms with Crippen LogP contribution >= 0.6 is 11.6 Å². The van der Waals surface area contributed by atoms with Crippen LogP contribution in [0.3, 0.4) is 0 Å². The number of allylic oxidation sites excluding steroid dienone is 1.